The molecule has 1 fully saturated rings. The van der Waals surface area contributed by atoms with E-state index in [0.717, 1.165) is 17.5 Å². The number of likely N-dealkylation sites (tertiary alicyclic amines) is 1. The SMILES string of the molecule is NCCc1cccc(C(=O)N2CCC(O)CC2)c1. The summed E-state index contributed by atoms with van der Waals surface area (Å²) in [7, 11) is 0. The van der Waals surface area contributed by atoms with Crippen LogP contribution in [0.3, 0.4) is 0 Å². The number of nitrogens with zero attached hydrogens (tertiary/aromatic N) is 1. The van der Waals surface area contributed by atoms with Crippen molar-refractivity contribution in [1.29, 1.82) is 0 Å². The largest absolute Gasteiger partial charge is 0.393 e. The average Bonchev–Trinajstić information content (AvgIpc) is 2.39. The molecule has 98 valence electrons. The molecule has 2 rings (SSSR count). The van der Waals surface area contributed by atoms with E-state index in [2.05, 4.69) is 0 Å². The molecule has 0 atom stereocenters. The molecule has 3 N–H and O–H groups in total. The van der Waals surface area contributed by atoms with Gasteiger partial charge in [0, 0.05) is 18.7 Å². The Morgan fingerprint density at radius 1 is 1.39 bits per heavy atom. The Labute approximate surface area is 107 Å². The highest BCUT2D eigenvalue weighted by atomic mass is 16.3. The van der Waals surface area contributed by atoms with Crippen LogP contribution in [0.4, 0.5) is 0 Å². The first-order valence-corrected chi connectivity index (χ1v) is 6.47. The number of piperidine rings is 1. The van der Waals surface area contributed by atoms with Crippen molar-refractivity contribution in [2.75, 3.05) is 19.6 Å². The van der Waals surface area contributed by atoms with E-state index in [4.69, 9.17) is 5.73 Å². The lowest BCUT2D eigenvalue weighted by molar-refractivity contribution is 0.0546. The highest BCUT2D eigenvalue weighted by molar-refractivity contribution is 5.94. The monoisotopic (exact) mass is 248 g/mol. The quantitative estimate of drug-likeness (QED) is 0.831. The van der Waals surface area contributed by atoms with Crippen LogP contribution >= 0.6 is 0 Å². The van der Waals surface area contributed by atoms with Gasteiger partial charge >= 0.3 is 0 Å². The van der Waals surface area contributed by atoms with Gasteiger partial charge in [0.15, 0.2) is 0 Å². The lowest BCUT2D eigenvalue weighted by Crippen LogP contribution is -2.40. The summed E-state index contributed by atoms with van der Waals surface area (Å²) in [5.74, 6) is 0.0563. The topological polar surface area (TPSA) is 66.6 Å². The summed E-state index contributed by atoms with van der Waals surface area (Å²) in [6.45, 7) is 1.87. The second-order valence-corrected chi connectivity index (χ2v) is 4.76. The predicted octanol–water partition coefficient (Wildman–Crippen LogP) is 0.785. The summed E-state index contributed by atoms with van der Waals surface area (Å²) in [6.07, 6.45) is 1.89. The number of amides is 1. The van der Waals surface area contributed by atoms with Crippen LogP contribution in [0, 0.1) is 0 Å². The number of hydrogen-bond donors (Lipinski definition) is 2. The van der Waals surface area contributed by atoms with E-state index in [1.807, 2.05) is 29.2 Å². The molecule has 4 nitrogen and oxygen atoms in total. The van der Waals surface area contributed by atoms with Gasteiger partial charge in [-0.05, 0) is 43.5 Å². The number of carbonyl (C=O) groups is 1. The number of aliphatic hydroxyl groups is 1. The zero-order chi connectivity index (χ0) is 13.0. The molecule has 4 heteroatoms. The maximum atomic E-state index is 12.3. The van der Waals surface area contributed by atoms with E-state index in [-0.39, 0.29) is 12.0 Å². The molecule has 1 aliphatic rings. The van der Waals surface area contributed by atoms with Gasteiger partial charge in [0.25, 0.3) is 5.91 Å². The normalized spacial score (nSPS) is 16.9. The Bertz CT molecular complexity index is 412. The van der Waals surface area contributed by atoms with Crippen molar-refractivity contribution in [2.24, 2.45) is 5.73 Å². The number of hydrogen-bond acceptors (Lipinski definition) is 3. The average molecular weight is 248 g/mol. The Kier molecular flexibility index (Phi) is 4.33. The van der Waals surface area contributed by atoms with Gasteiger partial charge in [0.05, 0.1) is 6.10 Å². The van der Waals surface area contributed by atoms with Gasteiger partial charge in [0.1, 0.15) is 0 Å². The number of nitrogens with two attached hydrogens (primary N) is 1. The molecule has 0 radical (unpaired) electrons. The minimum atomic E-state index is -0.252. The third kappa shape index (κ3) is 3.09. The fourth-order valence-corrected chi connectivity index (χ4v) is 2.28. The van der Waals surface area contributed by atoms with Gasteiger partial charge in [-0.1, -0.05) is 12.1 Å². The second-order valence-electron chi connectivity index (χ2n) is 4.76. The summed E-state index contributed by atoms with van der Waals surface area (Å²) in [5, 5.41) is 9.44. The Morgan fingerprint density at radius 3 is 2.78 bits per heavy atom. The second kappa shape index (κ2) is 5.98. The lowest BCUT2D eigenvalue weighted by Gasteiger charge is -2.29. The van der Waals surface area contributed by atoms with Crippen LogP contribution in [0.15, 0.2) is 24.3 Å². The fraction of sp³-hybridized carbons (Fsp3) is 0.500. The molecule has 1 heterocycles. The Hall–Kier alpha value is -1.39. The molecule has 1 aliphatic heterocycles. The summed E-state index contributed by atoms with van der Waals surface area (Å²) < 4.78 is 0. The van der Waals surface area contributed by atoms with Crippen molar-refractivity contribution in [3.8, 4) is 0 Å². The molecule has 0 unspecified atom stereocenters. The van der Waals surface area contributed by atoms with Gasteiger partial charge < -0.3 is 15.7 Å². The molecule has 1 aromatic carbocycles. The van der Waals surface area contributed by atoms with Crippen LogP contribution in [0.5, 0.6) is 0 Å². The fourth-order valence-electron chi connectivity index (χ4n) is 2.28. The summed E-state index contributed by atoms with van der Waals surface area (Å²) in [5.41, 5.74) is 7.34. The van der Waals surface area contributed by atoms with Crippen LogP contribution in [-0.2, 0) is 6.42 Å². The molecule has 0 bridgehead atoms. The molecule has 0 aromatic heterocycles. The standard InChI is InChI=1S/C14H20N2O2/c15-7-4-11-2-1-3-12(10-11)14(18)16-8-5-13(17)6-9-16/h1-3,10,13,17H,4-9,15H2. The molecule has 1 amide bonds. The van der Waals surface area contributed by atoms with Crippen molar-refractivity contribution in [2.45, 2.75) is 25.4 Å². The Morgan fingerprint density at radius 2 is 2.11 bits per heavy atom. The van der Waals surface area contributed by atoms with E-state index < -0.39 is 0 Å². The first kappa shape index (κ1) is 13.1. The molecule has 18 heavy (non-hydrogen) atoms. The molecule has 0 spiro atoms. The number of benzene rings is 1. The third-order valence-electron chi connectivity index (χ3n) is 3.36. The van der Waals surface area contributed by atoms with Crippen molar-refractivity contribution < 1.29 is 9.90 Å². The van der Waals surface area contributed by atoms with E-state index in [1.165, 1.54) is 0 Å². The summed E-state index contributed by atoms with van der Waals surface area (Å²) in [4.78, 5) is 14.1. The van der Waals surface area contributed by atoms with E-state index in [9.17, 15) is 9.90 Å². The zero-order valence-corrected chi connectivity index (χ0v) is 10.5. The highest BCUT2D eigenvalue weighted by Gasteiger charge is 2.22. The van der Waals surface area contributed by atoms with Crippen LogP contribution in [-0.4, -0.2) is 41.7 Å². The van der Waals surface area contributed by atoms with Crippen molar-refractivity contribution in [1.82, 2.24) is 4.90 Å². The van der Waals surface area contributed by atoms with Gasteiger partial charge in [-0.2, -0.15) is 0 Å². The van der Waals surface area contributed by atoms with Crippen LogP contribution in [0.2, 0.25) is 0 Å². The van der Waals surface area contributed by atoms with Crippen molar-refractivity contribution >= 4 is 5.91 Å². The van der Waals surface area contributed by atoms with E-state index >= 15 is 0 Å². The van der Waals surface area contributed by atoms with E-state index in [1.54, 1.807) is 0 Å². The van der Waals surface area contributed by atoms with Crippen LogP contribution in [0.1, 0.15) is 28.8 Å². The number of aliphatic hydroxyl groups excluding tert-OH is 1. The molecule has 1 saturated heterocycles. The molecule has 0 saturated carbocycles. The van der Waals surface area contributed by atoms with Gasteiger partial charge in [-0.3, -0.25) is 4.79 Å². The van der Waals surface area contributed by atoms with E-state index in [0.29, 0.717) is 32.5 Å². The predicted molar refractivity (Wildman–Crippen MR) is 70.3 cm³/mol. The molecular weight excluding hydrogens is 228 g/mol. The maximum absolute atomic E-state index is 12.3. The summed E-state index contributed by atoms with van der Waals surface area (Å²) >= 11 is 0. The molecular formula is C14H20N2O2. The van der Waals surface area contributed by atoms with Crippen molar-refractivity contribution in [3.05, 3.63) is 35.4 Å². The number of rotatable bonds is 3. The Balaban J connectivity index is 2.06. The van der Waals surface area contributed by atoms with Gasteiger partial charge in [-0.25, -0.2) is 0 Å². The van der Waals surface area contributed by atoms with Crippen LogP contribution < -0.4 is 5.73 Å². The molecule has 0 aliphatic carbocycles. The van der Waals surface area contributed by atoms with Gasteiger partial charge in [0.2, 0.25) is 0 Å². The van der Waals surface area contributed by atoms with Gasteiger partial charge in [-0.15, -0.1) is 0 Å². The third-order valence-corrected chi connectivity index (χ3v) is 3.36. The zero-order valence-electron chi connectivity index (χ0n) is 10.5. The first-order valence-electron chi connectivity index (χ1n) is 6.47. The number of carbonyl (C=O) groups excluding carboxylic acids is 1. The lowest BCUT2D eigenvalue weighted by atomic mass is 10.0. The first-order chi connectivity index (χ1) is 8.70. The molecule has 1 aromatic rings. The maximum Gasteiger partial charge on any atom is 0.253 e. The van der Waals surface area contributed by atoms with Crippen LogP contribution in [0.25, 0.3) is 0 Å². The minimum Gasteiger partial charge on any atom is -0.393 e. The minimum absolute atomic E-state index is 0.0563. The highest BCUT2D eigenvalue weighted by Crippen LogP contribution is 2.15. The smallest absolute Gasteiger partial charge is 0.253 e. The summed E-state index contributed by atoms with van der Waals surface area (Å²) in [6, 6.07) is 7.65. The van der Waals surface area contributed by atoms with Crippen molar-refractivity contribution in [3.63, 3.8) is 0 Å².